The summed E-state index contributed by atoms with van der Waals surface area (Å²) in [5.74, 6) is 0. The van der Waals surface area contributed by atoms with E-state index in [1.54, 1.807) is 0 Å². The minimum Gasteiger partial charge on any atom is -0.444 e. The van der Waals surface area contributed by atoms with Crippen molar-refractivity contribution in [1.29, 1.82) is 0 Å². The molecule has 1 amide bonds. The first-order chi connectivity index (χ1) is 8.76. The molecule has 0 heterocycles. The van der Waals surface area contributed by atoms with E-state index in [2.05, 4.69) is 10.6 Å². The zero-order chi connectivity index (χ0) is 14.5. The van der Waals surface area contributed by atoms with E-state index in [0.29, 0.717) is 12.0 Å². The van der Waals surface area contributed by atoms with Crippen LogP contribution in [0.25, 0.3) is 0 Å². The maximum atomic E-state index is 11.5. The molecule has 0 aromatic carbocycles. The second-order valence-electron chi connectivity index (χ2n) is 6.64. The highest BCUT2D eigenvalue weighted by Crippen LogP contribution is 2.47. The van der Waals surface area contributed by atoms with Crippen molar-refractivity contribution >= 4 is 6.09 Å². The Kier molecular flexibility index (Phi) is 5.62. The standard InChI is InChI=1S/C14H28N2O3/c1-11(9-15-12(18)19-13(2,3)4)16-10-14(5-6-14)7-8-17/h11,16-17H,5-10H2,1-4H3,(H,15,18). The molecule has 1 fully saturated rings. The van der Waals surface area contributed by atoms with Gasteiger partial charge in [0.2, 0.25) is 0 Å². The van der Waals surface area contributed by atoms with Gasteiger partial charge in [0.25, 0.3) is 0 Å². The summed E-state index contributed by atoms with van der Waals surface area (Å²) in [4.78, 5) is 11.5. The Morgan fingerprint density at radius 1 is 1.42 bits per heavy atom. The maximum Gasteiger partial charge on any atom is 0.407 e. The van der Waals surface area contributed by atoms with Crippen LogP contribution in [0.5, 0.6) is 0 Å². The minimum absolute atomic E-state index is 0.198. The molecule has 0 bridgehead atoms. The number of rotatable bonds is 7. The van der Waals surface area contributed by atoms with Crippen LogP contribution >= 0.6 is 0 Å². The molecule has 5 heteroatoms. The summed E-state index contributed by atoms with van der Waals surface area (Å²) in [6, 6.07) is 0.198. The van der Waals surface area contributed by atoms with Crippen molar-refractivity contribution in [3.63, 3.8) is 0 Å². The molecule has 0 aliphatic heterocycles. The second-order valence-corrected chi connectivity index (χ2v) is 6.64. The zero-order valence-electron chi connectivity index (χ0n) is 12.6. The minimum atomic E-state index is -0.458. The Bertz CT molecular complexity index is 296. The van der Waals surface area contributed by atoms with Gasteiger partial charge in [0, 0.05) is 25.7 Å². The van der Waals surface area contributed by atoms with Gasteiger partial charge >= 0.3 is 6.09 Å². The number of hydrogen-bond donors (Lipinski definition) is 3. The van der Waals surface area contributed by atoms with Crippen LogP contribution in [-0.2, 0) is 4.74 Å². The molecule has 0 spiro atoms. The van der Waals surface area contributed by atoms with Crippen molar-refractivity contribution in [2.24, 2.45) is 5.41 Å². The van der Waals surface area contributed by atoms with E-state index in [1.165, 1.54) is 12.8 Å². The molecule has 0 aromatic heterocycles. The van der Waals surface area contributed by atoms with Crippen molar-refractivity contribution in [2.75, 3.05) is 19.7 Å². The highest BCUT2D eigenvalue weighted by Gasteiger charge is 2.41. The van der Waals surface area contributed by atoms with Gasteiger partial charge in [0.1, 0.15) is 5.60 Å². The summed E-state index contributed by atoms with van der Waals surface area (Å²) in [5.41, 5.74) is -0.158. The zero-order valence-corrected chi connectivity index (χ0v) is 12.6. The van der Waals surface area contributed by atoms with Gasteiger partial charge < -0.3 is 20.5 Å². The molecular formula is C14H28N2O3. The topological polar surface area (TPSA) is 70.6 Å². The number of carbonyl (C=O) groups is 1. The normalized spacial score (nSPS) is 18.8. The number of aliphatic hydroxyl groups excluding tert-OH is 1. The van der Waals surface area contributed by atoms with E-state index in [9.17, 15) is 4.79 Å². The third-order valence-electron chi connectivity index (χ3n) is 3.38. The monoisotopic (exact) mass is 272 g/mol. The molecule has 19 heavy (non-hydrogen) atoms. The van der Waals surface area contributed by atoms with Crippen LogP contribution in [0, 0.1) is 5.41 Å². The third-order valence-corrected chi connectivity index (χ3v) is 3.38. The third kappa shape index (κ3) is 6.78. The fourth-order valence-electron chi connectivity index (χ4n) is 1.94. The Balaban J connectivity index is 2.14. The lowest BCUT2D eigenvalue weighted by molar-refractivity contribution is 0.0523. The Labute approximate surface area is 116 Å². The highest BCUT2D eigenvalue weighted by atomic mass is 16.6. The fourth-order valence-corrected chi connectivity index (χ4v) is 1.94. The molecule has 1 atom stereocenters. The van der Waals surface area contributed by atoms with Crippen LogP contribution < -0.4 is 10.6 Å². The summed E-state index contributed by atoms with van der Waals surface area (Å²) in [6.45, 7) is 9.29. The van der Waals surface area contributed by atoms with E-state index in [0.717, 1.165) is 13.0 Å². The number of nitrogens with one attached hydrogen (secondary N) is 2. The molecule has 1 unspecified atom stereocenters. The number of carbonyl (C=O) groups excluding carboxylic acids is 1. The van der Waals surface area contributed by atoms with Crippen molar-refractivity contribution in [2.45, 2.75) is 58.6 Å². The Morgan fingerprint density at radius 3 is 2.53 bits per heavy atom. The second kappa shape index (κ2) is 6.57. The van der Waals surface area contributed by atoms with Crippen molar-refractivity contribution in [3.8, 4) is 0 Å². The summed E-state index contributed by atoms with van der Waals surface area (Å²) in [7, 11) is 0. The average Bonchev–Trinajstić information content (AvgIpc) is 3.02. The fraction of sp³-hybridized carbons (Fsp3) is 0.929. The van der Waals surface area contributed by atoms with E-state index in [-0.39, 0.29) is 18.7 Å². The van der Waals surface area contributed by atoms with Crippen LogP contribution in [0.3, 0.4) is 0 Å². The molecule has 0 radical (unpaired) electrons. The Hall–Kier alpha value is -0.810. The van der Waals surface area contributed by atoms with Gasteiger partial charge in [-0.2, -0.15) is 0 Å². The number of aliphatic hydroxyl groups is 1. The molecule has 1 aliphatic rings. The van der Waals surface area contributed by atoms with Crippen LogP contribution in [0.1, 0.15) is 47.0 Å². The van der Waals surface area contributed by atoms with E-state index >= 15 is 0 Å². The van der Waals surface area contributed by atoms with Gasteiger partial charge in [-0.25, -0.2) is 4.79 Å². The lowest BCUT2D eigenvalue weighted by Gasteiger charge is -2.22. The number of amides is 1. The van der Waals surface area contributed by atoms with Gasteiger partial charge in [-0.15, -0.1) is 0 Å². The number of ether oxygens (including phenoxy) is 1. The van der Waals surface area contributed by atoms with Gasteiger partial charge in [0.15, 0.2) is 0 Å². The largest absolute Gasteiger partial charge is 0.444 e. The predicted octanol–water partition coefficient (Wildman–Crippen LogP) is 1.65. The van der Waals surface area contributed by atoms with Gasteiger partial charge in [-0.3, -0.25) is 0 Å². The first-order valence-electron chi connectivity index (χ1n) is 7.07. The van der Waals surface area contributed by atoms with E-state index in [4.69, 9.17) is 9.84 Å². The van der Waals surface area contributed by atoms with Gasteiger partial charge in [0.05, 0.1) is 0 Å². The summed E-state index contributed by atoms with van der Waals surface area (Å²) >= 11 is 0. The molecule has 0 saturated heterocycles. The molecule has 0 aromatic rings. The predicted molar refractivity (Wildman–Crippen MR) is 75.1 cm³/mol. The lowest BCUT2D eigenvalue weighted by atomic mass is 10.0. The summed E-state index contributed by atoms with van der Waals surface area (Å²) < 4.78 is 5.17. The molecule has 3 N–H and O–H groups in total. The van der Waals surface area contributed by atoms with Crippen LogP contribution in [0.4, 0.5) is 4.79 Å². The van der Waals surface area contributed by atoms with Crippen LogP contribution in [0.15, 0.2) is 0 Å². The average molecular weight is 272 g/mol. The van der Waals surface area contributed by atoms with Crippen molar-refractivity contribution in [3.05, 3.63) is 0 Å². The molecule has 1 aliphatic carbocycles. The number of hydrogen-bond acceptors (Lipinski definition) is 4. The highest BCUT2D eigenvalue weighted by molar-refractivity contribution is 5.67. The number of alkyl carbamates (subject to hydrolysis) is 1. The van der Waals surface area contributed by atoms with Gasteiger partial charge in [-0.05, 0) is 52.4 Å². The van der Waals surface area contributed by atoms with Crippen molar-refractivity contribution < 1.29 is 14.6 Å². The molecule has 1 rings (SSSR count). The summed E-state index contributed by atoms with van der Waals surface area (Å²) in [6.07, 6.45) is 2.86. The van der Waals surface area contributed by atoms with E-state index in [1.807, 2.05) is 27.7 Å². The quantitative estimate of drug-likeness (QED) is 0.659. The SMILES string of the molecule is CC(CNC(=O)OC(C)(C)C)NCC1(CCO)CC1. The van der Waals surface area contributed by atoms with Gasteiger partial charge in [-0.1, -0.05) is 0 Å². The molecule has 112 valence electrons. The van der Waals surface area contributed by atoms with E-state index < -0.39 is 5.60 Å². The van der Waals surface area contributed by atoms with Crippen LogP contribution in [0.2, 0.25) is 0 Å². The first-order valence-corrected chi connectivity index (χ1v) is 7.07. The molecular weight excluding hydrogens is 244 g/mol. The molecule has 1 saturated carbocycles. The summed E-state index contributed by atoms with van der Waals surface area (Å²) in [5, 5.41) is 15.2. The lowest BCUT2D eigenvalue weighted by Crippen LogP contribution is -2.42. The Morgan fingerprint density at radius 2 is 2.05 bits per heavy atom. The maximum absolute atomic E-state index is 11.5. The molecule has 5 nitrogen and oxygen atoms in total. The first kappa shape index (κ1) is 16.2. The van der Waals surface area contributed by atoms with Crippen LogP contribution in [-0.4, -0.2) is 42.5 Å². The smallest absolute Gasteiger partial charge is 0.407 e. The van der Waals surface area contributed by atoms with Crippen molar-refractivity contribution in [1.82, 2.24) is 10.6 Å².